The third kappa shape index (κ3) is 2.69. The molecule has 1 aliphatic heterocycles. The summed E-state index contributed by atoms with van der Waals surface area (Å²) < 4.78 is 0. The second-order valence-corrected chi connectivity index (χ2v) is 5.34. The van der Waals surface area contributed by atoms with Crippen molar-refractivity contribution in [3.63, 3.8) is 0 Å². The zero-order valence-electron chi connectivity index (χ0n) is 12.1. The van der Waals surface area contributed by atoms with Gasteiger partial charge in [0.15, 0.2) is 5.82 Å². The van der Waals surface area contributed by atoms with Gasteiger partial charge in [0, 0.05) is 32.2 Å². The van der Waals surface area contributed by atoms with Gasteiger partial charge < -0.3 is 4.90 Å². The Bertz CT molecular complexity index is 495. The number of piperazine rings is 1. The Morgan fingerprint density at radius 2 is 1.74 bits per heavy atom. The first-order valence-electron chi connectivity index (χ1n) is 6.77. The summed E-state index contributed by atoms with van der Waals surface area (Å²) in [4.78, 5) is 4.62. The molecule has 1 aromatic rings. The van der Waals surface area contributed by atoms with E-state index in [4.69, 9.17) is 0 Å². The Morgan fingerprint density at radius 3 is 2.26 bits per heavy atom. The maximum atomic E-state index is 9.34. The Morgan fingerprint density at radius 1 is 1.11 bits per heavy atom. The van der Waals surface area contributed by atoms with E-state index in [1.165, 1.54) is 0 Å². The number of aromatic nitrogens is 2. The predicted octanol–water partition coefficient (Wildman–Crippen LogP) is 1.50. The van der Waals surface area contributed by atoms with Crippen LogP contribution in [0.1, 0.15) is 30.7 Å². The lowest BCUT2D eigenvalue weighted by Gasteiger charge is -2.37. The molecule has 1 aliphatic rings. The number of nitrogens with zero attached hydrogens (tertiary/aromatic N) is 5. The third-order valence-electron chi connectivity index (χ3n) is 3.89. The molecule has 0 aliphatic carbocycles. The quantitative estimate of drug-likeness (QED) is 0.805. The van der Waals surface area contributed by atoms with Gasteiger partial charge in [0.05, 0.1) is 5.69 Å². The summed E-state index contributed by atoms with van der Waals surface area (Å²) in [7, 11) is 0. The van der Waals surface area contributed by atoms with Crippen molar-refractivity contribution >= 4 is 5.82 Å². The lowest BCUT2D eigenvalue weighted by molar-refractivity contribution is 0.209. The topological polar surface area (TPSA) is 56.1 Å². The molecule has 0 radical (unpaired) electrons. The number of anilines is 1. The fraction of sp³-hybridized carbons (Fsp3) is 0.643. The highest BCUT2D eigenvalue weighted by molar-refractivity contribution is 5.57. The van der Waals surface area contributed by atoms with Gasteiger partial charge in [-0.2, -0.15) is 10.4 Å². The molecule has 19 heavy (non-hydrogen) atoms. The highest BCUT2D eigenvalue weighted by Gasteiger charge is 2.23. The molecule has 0 spiro atoms. The van der Waals surface area contributed by atoms with Crippen molar-refractivity contribution in [3.05, 3.63) is 16.8 Å². The standard InChI is InChI=1S/C14H21N5/c1-10(2)18-5-7-19(8-6-18)14-13(9-15)11(3)12(4)16-17-14/h10H,5-8H2,1-4H3. The van der Waals surface area contributed by atoms with E-state index in [2.05, 4.69) is 39.9 Å². The van der Waals surface area contributed by atoms with Crippen molar-refractivity contribution in [2.24, 2.45) is 0 Å². The Hall–Kier alpha value is -1.67. The van der Waals surface area contributed by atoms with E-state index in [0.717, 1.165) is 43.3 Å². The van der Waals surface area contributed by atoms with Crippen LogP contribution in [0.4, 0.5) is 5.82 Å². The van der Waals surface area contributed by atoms with E-state index in [1.807, 2.05) is 13.8 Å². The maximum absolute atomic E-state index is 9.34. The molecule has 102 valence electrons. The summed E-state index contributed by atoms with van der Waals surface area (Å²) in [5, 5.41) is 17.7. The van der Waals surface area contributed by atoms with Crippen LogP contribution >= 0.6 is 0 Å². The summed E-state index contributed by atoms with van der Waals surface area (Å²) in [6.45, 7) is 12.1. The number of nitriles is 1. The average Bonchev–Trinajstić information content (AvgIpc) is 2.41. The smallest absolute Gasteiger partial charge is 0.169 e. The predicted molar refractivity (Wildman–Crippen MR) is 75.1 cm³/mol. The number of rotatable bonds is 2. The minimum Gasteiger partial charge on any atom is -0.351 e. The zero-order valence-corrected chi connectivity index (χ0v) is 12.1. The lowest BCUT2D eigenvalue weighted by Crippen LogP contribution is -2.49. The molecule has 0 atom stereocenters. The molecular formula is C14H21N5. The molecule has 1 fully saturated rings. The van der Waals surface area contributed by atoms with Crippen molar-refractivity contribution in [1.29, 1.82) is 5.26 Å². The van der Waals surface area contributed by atoms with Crippen LogP contribution in [-0.2, 0) is 0 Å². The largest absolute Gasteiger partial charge is 0.351 e. The first-order valence-corrected chi connectivity index (χ1v) is 6.77. The van der Waals surface area contributed by atoms with Gasteiger partial charge >= 0.3 is 0 Å². The normalized spacial score (nSPS) is 16.7. The molecule has 0 saturated carbocycles. The Balaban J connectivity index is 2.21. The first-order chi connectivity index (χ1) is 9.04. The summed E-state index contributed by atoms with van der Waals surface area (Å²) in [5.41, 5.74) is 2.45. The highest BCUT2D eigenvalue weighted by Crippen LogP contribution is 2.22. The van der Waals surface area contributed by atoms with E-state index < -0.39 is 0 Å². The number of aryl methyl sites for hydroxylation is 1. The molecule has 5 heteroatoms. The van der Waals surface area contributed by atoms with Crippen molar-refractivity contribution < 1.29 is 0 Å². The van der Waals surface area contributed by atoms with Gasteiger partial charge in [0.25, 0.3) is 0 Å². The molecule has 1 saturated heterocycles. The van der Waals surface area contributed by atoms with Crippen molar-refractivity contribution in [2.45, 2.75) is 33.7 Å². The van der Waals surface area contributed by atoms with Crippen molar-refractivity contribution in [3.8, 4) is 6.07 Å². The Labute approximate surface area is 114 Å². The van der Waals surface area contributed by atoms with Crippen LogP contribution < -0.4 is 4.90 Å². The summed E-state index contributed by atoms with van der Waals surface area (Å²) in [5.74, 6) is 0.744. The second-order valence-electron chi connectivity index (χ2n) is 5.34. The van der Waals surface area contributed by atoms with Crippen LogP contribution in [-0.4, -0.2) is 47.3 Å². The summed E-state index contributed by atoms with van der Waals surface area (Å²) in [6.07, 6.45) is 0. The van der Waals surface area contributed by atoms with E-state index in [0.29, 0.717) is 11.6 Å². The zero-order chi connectivity index (χ0) is 14.0. The average molecular weight is 259 g/mol. The van der Waals surface area contributed by atoms with E-state index in [1.54, 1.807) is 0 Å². The van der Waals surface area contributed by atoms with Crippen LogP contribution in [0.5, 0.6) is 0 Å². The maximum Gasteiger partial charge on any atom is 0.169 e. The molecule has 1 aromatic heterocycles. The van der Waals surface area contributed by atoms with Gasteiger partial charge in [-0.1, -0.05) is 0 Å². The van der Waals surface area contributed by atoms with Crippen molar-refractivity contribution in [2.75, 3.05) is 31.1 Å². The Kier molecular flexibility index (Phi) is 4.01. The summed E-state index contributed by atoms with van der Waals surface area (Å²) >= 11 is 0. The SMILES string of the molecule is Cc1nnc(N2CCN(C(C)C)CC2)c(C#N)c1C. The molecule has 5 nitrogen and oxygen atoms in total. The van der Waals surface area contributed by atoms with Gasteiger partial charge in [-0.25, -0.2) is 0 Å². The lowest BCUT2D eigenvalue weighted by atomic mass is 10.1. The molecule has 2 heterocycles. The van der Waals surface area contributed by atoms with Crippen LogP contribution in [0, 0.1) is 25.2 Å². The fourth-order valence-electron chi connectivity index (χ4n) is 2.40. The van der Waals surface area contributed by atoms with Crippen molar-refractivity contribution in [1.82, 2.24) is 15.1 Å². The number of hydrogen-bond donors (Lipinski definition) is 0. The van der Waals surface area contributed by atoms with Crippen LogP contribution in [0.2, 0.25) is 0 Å². The molecular weight excluding hydrogens is 238 g/mol. The van der Waals surface area contributed by atoms with Crippen LogP contribution in [0.25, 0.3) is 0 Å². The molecule has 0 bridgehead atoms. The first kappa shape index (κ1) is 13.8. The minimum atomic E-state index is 0.573. The van der Waals surface area contributed by atoms with E-state index in [-0.39, 0.29) is 0 Å². The van der Waals surface area contributed by atoms with Gasteiger partial charge in [-0.3, -0.25) is 4.90 Å². The van der Waals surface area contributed by atoms with Crippen LogP contribution in [0.3, 0.4) is 0 Å². The fourth-order valence-corrected chi connectivity index (χ4v) is 2.40. The molecule has 0 N–H and O–H groups in total. The molecule has 0 amide bonds. The van der Waals surface area contributed by atoms with Gasteiger partial charge in [-0.05, 0) is 33.3 Å². The minimum absolute atomic E-state index is 0.573. The van der Waals surface area contributed by atoms with Gasteiger partial charge in [0.1, 0.15) is 11.6 Å². The second kappa shape index (κ2) is 5.54. The van der Waals surface area contributed by atoms with Gasteiger partial charge in [-0.15, -0.1) is 5.10 Å². The molecule has 0 unspecified atom stereocenters. The molecule has 0 aromatic carbocycles. The highest BCUT2D eigenvalue weighted by atomic mass is 15.3. The van der Waals surface area contributed by atoms with Gasteiger partial charge in [0.2, 0.25) is 0 Å². The van der Waals surface area contributed by atoms with E-state index >= 15 is 0 Å². The number of hydrogen-bond acceptors (Lipinski definition) is 5. The third-order valence-corrected chi connectivity index (χ3v) is 3.89. The van der Waals surface area contributed by atoms with Crippen LogP contribution in [0.15, 0.2) is 0 Å². The van der Waals surface area contributed by atoms with E-state index in [9.17, 15) is 5.26 Å². The monoisotopic (exact) mass is 259 g/mol. The summed E-state index contributed by atoms with van der Waals surface area (Å²) in [6, 6.07) is 2.85. The molecule has 2 rings (SSSR count).